The number of hydrogen-bond donors (Lipinski definition) is 1. The topological polar surface area (TPSA) is 29.1 Å². The smallest absolute Gasteiger partial charge is 0.228 e. The van der Waals surface area contributed by atoms with Crippen LogP contribution >= 0.6 is 15.9 Å². The van der Waals surface area contributed by atoms with Gasteiger partial charge in [-0.3, -0.25) is 4.79 Å². The fraction of sp³-hybridized carbons (Fsp3) is 0.250. The van der Waals surface area contributed by atoms with Gasteiger partial charge in [0, 0.05) is 11.0 Å². The molecular weight excluding hydrogens is 254 g/mol. The Balaban J connectivity index is 2.16. The van der Waals surface area contributed by atoms with Gasteiger partial charge in [0.1, 0.15) is 0 Å². The maximum atomic E-state index is 11.1. The SMILES string of the molecule is O=C1Cc2cc(C=CCCBr)ccc2N1. The average Bonchev–Trinajstić information content (AvgIpc) is 2.57. The molecule has 1 amide bonds. The van der Waals surface area contributed by atoms with E-state index in [0.717, 1.165) is 28.6 Å². The van der Waals surface area contributed by atoms with Gasteiger partial charge in [-0.05, 0) is 29.7 Å². The standard InChI is InChI=1S/C12H12BrNO/c13-6-2-1-3-9-4-5-11-10(7-9)8-12(15)14-11/h1,3-5,7H,2,6,8H2,(H,14,15). The lowest BCUT2D eigenvalue weighted by Crippen LogP contribution is -2.03. The Morgan fingerprint density at radius 3 is 3.13 bits per heavy atom. The van der Waals surface area contributed by atoms with E-state index in [1.54, 1.807) is 0 Å². The molecule has 1 heterocycles. The van der Waals surface area contributed by atoms with Crippen LogP contribution in [-0.2, 0) is 11.2 Å². The van der Waals surface area contributed by atoms with E-state index in [0.29, 0.717) is 6.42 Å². The van der Waals surface area contributed by atoms with Gasteiger partial charge in [-0.2, -0.15) is 0 Å². The summed E-state index contributed by atoms with van der Waals surface area (Å²) in [7, 11) is 0. The Morgan fingerprint density at radius 2 is 2.33 bits per heavy atom. The first-order valence-corrected chi connectivity index (χ1v) is 6.07. The zero-order chi connectivity index (χ0) is 10.7. The Labute approximate surface area is 97.5 Å². The molecule has 78 valence electrons. The highest BCUT2D eigenvalue weighted by Crippen LogP contribution is 2.24. The second-order valence-electron chi connectivity index (χ2n) is 3.52. The molecule has 1 N–H and O–H groups in total. The lowest BCUT2D eigenvalue weighted by atomic mass is 10.1. The van der Waals surface area contributed by atoms with Gasteiger partial charge in [-0.25, -0.2) is 0 Å². The van der Waals surface area contributed by atoms with Crippen molar-refractivity contribution in [3.05, 3.63) is 35.4 Å². The third-order valence-corrected chi connectivity index (χ3v) is 2.80. The molecule has 1 aromatic rings. The number of carbonyl (C=O) groups is 1. The maximum absolute atomic E-state index is 11.1. The van der Waals surface area contributed by atoms with E-state index in [2.05, 4.69) is 39.5 Å². The number of allylic oxidation sites excluding steroid dienone is 1. The van der Waals surface area contributed by atoms with Gasteiger partial charge < -0.3 is 5.32 Å². The van der Waals surface area contributed by atoms with Gasteiger partial charge in [0.05, 0.1) is 6.42 Å². The number of fused-ring (bicyclic) bond motifs is 1. The van der Waals surface area contributed by atoms with Crippen molar-refractivity contribution in [1.82, 2.24) is 0 Å². The molecule has 0 aromatic heterocycles. The van der Waals surface area contributed by atoms with Crippen LogP contribution in [0.25, 0.3) is 6.08 Å². The lowest BCUT2D eigenvalue weighted by Gasteiger charge is -1.99. The van der Waals surface area contributed by atoms with Crippen LogP contribution in [0.4, 0.5) is 5.69 Å². The molecule has 1 aromatic carbocycles. The summed E-state index contributed by atoms with van der Waals surface area (Å²) in [6.45, 7) is 0. The molecule has 1 aliphatic rings. The summed E-state index contributed by atoms with van der Waals surface area (Å²) in [6, 6.07) is 6.06. The Bertz CT molecular complexity index is 412. The van der Waals surface area contributed by atoms with E-state index in [1.807, 2.05) is 12.1 Å². The number of hydrogen-bond acceptors (Lipinski definition) is 1. The van der Waals surface area contributed by atoms with Crippen LogP contribution in [0.3, 0.4) is 0 Å². The number of benzene rings is 1. The molecule has 0 saturated heterocycles. The van der Waals surface area contributed by atoms with E-state index < -0.39 is 0 Å². The average molecular weight is 266 g/mol. The van der Waals surface area contributed by atoms with E-state index in [1.165, 1.54) is 0 Å². The number of rotatable bonds is 3. The van der Waals surface area contributed by atoms with Crippen LogP contribution in [0, 0.1) is 0 Å². The molecule has 1 aliphatic heterocycles. The third-order valence-electron chi connectivity index (χ3n) is 2.34. The number of alkyl halides is 1. The van der Waals surface area contributed by atoms with Crippen molar-refractivity contribution >= 4 is 33.6 Å². The number of anilines is 1. The minimum absolute atomic E-state index is 0.0894. The van der Waals surface area contributed by atoms with E-state index in [4.69, 9.17) is 0 Å². The molecule has 0 bridgehead atoms. The molecule has 2 rings (SSSR count). The molecule has 0 unspecified atom stereocenters. The molecule has 0 radical (unpaired) electrons. The van der Waals surface area contributed by atoms with Gasteiger partial charge in [-0.15, -0.1) is 0 Å². The summed E-state index contributed by atoms with van der Waals surface area (Å²) in [5, 5.41) is 3.80. The normalized spacial score (nSPS) is 14.3. The van der Waals surface area contributed by atoms with E-state index >= 15 is 0 Å². The molecular formula is C12H12BrNO. The molecule has 15 heavy (non-hydrogen) atoms. The van der Waals surface area contributed by atoms with Crippen LogP contribution in [0.5, 0.6) is 0 Å². The van der Waals surface area contributed by atoms with Gasteiger partial charge in [-0.1, -0.05) is 34.1 Å². The number of nitrogens with one attached hydrogen (secondary N) is 1. The molecule has 3 heteroatoms. The largest absolute Gasteiger partial charge is 0.326 e. The number of amides is 1. The third kappa shape index (κ3) is 2.48. The summed E-state index contributed by atoms with van der Waals surface area (Å²) in [5.74, 6) is 0.0894. The minimum Gasteiger partial charge on any atom is -0.326 e. The molecule has 0 atom stereocenters. The minimum atomic E-state index is 0.0894. The molecule has 0 aliphatic carbocycles. The fourth-order valence-electron chi connectivity index (χ4n) is 1.64. The summed E-state index contributed by atoms with van der Waals surface area (Å²) in [6.07, 6.45) is 5.74. The van der Waals surface area contributed by atoms with Crippen molar-refractivity contribution in [2.75, 3.05) is 10.6 Å². The van der Waals surface area contributed by atoms with Gasteiger partial charge in [0.25, 0.3) is 0 Å². The van der Waals surface area contributed by atoms with Crippen LogP contribution in [-0.4, -0.2) is 11.2 Å². The summed E-state index contributed by atoms with van der Waals surface area (Å²) < 4.78 is 0. The first-order valence-electron chi connectivity index (χ1n) is 4.95. The van der Waals surface area contributed by atoms with E-state index in [-0.39, 0.29) is 5.91 Å². The Hall–Kier alpha value is -1.09. The number of halogens is 1. The van der Waals surface area contributed by atoms with E-state index in [9.17, 15) is 4.79 Å². The molecule has 0 fully saturated rings. The predicted molar refractivity (Wildman–Crippen MR) is 66.2 cm³/mol. The zero-order valence-corrected chi connectivity index (χ0v) is 9.88. The molecule has 0 saturated carbocycles. The highest BCUT2D eigenvalue weighted by molar-refractivity contribution is 9.09. The van der Waals surface area contributed by atoms with Crippen molar-refractivity contribution in [2.24, 2.45) is 0 Å². The van der Waals surface area contributed by atoms with Crippen LogP contribution in [0.15, 0.2) is 24.3 Å². The Morgan fingerprint density at radius 1 is 1.47 bits per heavy atom. The lowest BCUT2D eigenvalue weighted by molar-refractivity contribution is -0.115. The van der Waals surface area contributed by atoms with Crippen molar-refractivity contribution in [2.45, 2.75) is 12.8 Å². The highest BCUT2D eigenvalue weighted by Gasteiger charge is 2.16. The van der Waals surface area contributed by atoms with Gasteiger partial charge in [0.15, 0.2) is 0 Å². The van der Waals surface area contributed by atoms with Crippen LogP contribution in [0.2, 0.25) is 0 Å². The highest BCUT2D eigenvalue weighted by atomic mass is 79.9. The molecule has 0 spiro atoms. The van der Waals surface area contributed by atoms with Crippen molar-refractivity contribution < 1.29 is 4.79 Å². The van der Waals surface area contributed by atoms with Crippen molar-refractivity contribution in [1.29, 1.82) is 0 Å². The zero-order valence-electron chi connectivity index (χ0n) is 8.29. The first-order chi connectivity index (χ1) is 7.29. The predicted octanol–water partition coefficient (Wildman–Crippen LogP) is 2.98. The second kappa shape index (κ2) is 4.62. The maximum Gasteiger partial charge on any atom is 0.228 e. The Kier molecular flexibility index (Phi) is 3.21. The molecule has 2 nitrogen and oxygen atoms in total. The summed E-state index contributed by atoms with van der Waals surface area (Å²) in [5.41, 5.74) is 3.21. The second-order valence-corrected chi connectivity index (χ2v) is 4.31. The monoisotopic (exact) mass is 265 g/mol. The van der Waals surface area contributed by atoms with Gasteiger partial charge >= 0.3 is 0 Å². The van der Waals surface area contributed by atoms with Crippen LogP contribution < -0.4 is 5.32 Å². The number of carbonyl (C=O) groups excluding carboxylic acids is 1. The fourth-order valence-corrected chi connectivity index (χ4v) is 1.90. The van der Waals surface area contributed by atoms with Gasteiger partial charge in [0.2, 0.25) is 5.91 Å². The van der Waals surface area contributed by atoms with Crippen molar-refractivity contribution in [3.8, 4) is 0 Å². The summed E-state index contributed by atoms with van der Waals surface area (Å²) >= 11 is 3.37. The van der Waals surface area contributed by atoms with Crippen LogP contribution in [0.1, 0.15) is 17.5 Å². The van der Waals surface area contributed by atoms with Crippen molar-refractivity contribution in [3.63, 3.8) is 0 Å². The summed E-state index contributed by atoms with van der Waals surface area (Å²) in [4.78, 5) is 11.1. The quantitative estimate of drug-likeness (QED) is 0.837. The first kappa shape index (κ1) is 10.4.